The molecule has 0 N–H and O–H groups in total. The van der Waals surface area contributed by atoms with Crippen LogP contribution in [-0.4, -0.2) is 5.92 Å². The summed E-state index contributed by atoms with van der Waals surface area (Å²) in [7, 11) is 16.5. The third-order valence-electron chi connectivity index (χ3n) is 8.27. The Hall–Kier alpha value is -1.18. The van der Waals surface area contributed by atoms with Crippen LogP contribution in [0.15, 0.2) is 71.8 Å². The predicted octanol–water partition coefficient (Wildman–Crippen LogP) is 9.57. The molecule has 2 aliphatic carbocycles. The summed E-state index contributed by atoms with van der Waals surface area (Å²) < 4.78 is 0.319. The van der Waals surface area contributed by atoms with Crippen molar-refractivity contribution in [1.82, 2.24) is 0 Å². The molecule has 175 valence electrons. The van der Waals surface area contributed by atoms with Crippen LogP contribution in [0.1, 0.15) is 54.5 Å². The minimum absolute atomic E-state index is 0.148. The van der Waals surface area contributed by atoms with E-state index in [0.29, 0.717) is 0 Å². The van der Waals surface area contributed by atoms with Crippen LogP contribution in [0.25, 0.3) is 23.3 Å². The zero-order chi connectivity index (χ0) is 24.4. The van der Waals surface area contributed by atoms with E-state index in [2.05, 4.69) is 114 Å². The summed E-state index contributed by atoms with van der Waals surface area (Å²) >= 11 is -4.53. The van der Waals surface area contributed by atoms with Crippen molar-refractivity contribution in [3.63, 3.8) is 0 Å². The second-order valence-corrected chi connectivity index (χ2v) is 53.3. The first kappa shape index (κ1) is 24.5. The number of halogens is 2. The second kappa shape index (κ2) is 8.45. The predicted molar refractivity (Wildman–Crippen MR) is 151 cm³/mol. The van der Waals surface area contributed by atoms with Gasteiger partial charge in [-0.15, -0.1) is 0 Å². The molecule has 0 saturated heterocycles. The quantitative estimate of drug-likeness (QED) is 0.268. The zero-order valence-corrected chi connectivity index (χ0v) is 26.0. The maximum absolute atomic E-state index is 8.25. The van der Waals surface area contributed by atoms with Gasteiger partial charge in [-0.1, -0.05) is 0 Å². The molecule has 2 aliphatic rings. The molecule has 0 spiro atoms. The summed E-state index contributed by atoms with van der Waals surface area (Å²) in [6.07, 6.45) is 4.76. The fraction of sp³-hybridized carbons (Fsp3) is 0.267. The third kappa shape index (κ3) is 3.47. The van der Waals surface area contributed by atoms with Crippen LogP contribution in [0.5, 0.6) is 0 Å². The molecule has 0 aromatic heterocycles. The van der Waals surface area contributed by atoms with E-state index in [1.807, 2.05) is 0 Å². The molecule has 4 heteroatoms. The van der Waals surface area contributed by atoms with Gasteiger partial charge in [0, 0.05) is 0 Å². The molecule has 0 saturated carbocycles. The third-order valence-corrected chi connectivity index (χ3v) is 60.5. The fourth-order valence-electron chi connectivity index (χ4n) is 6.72. The molecule has 5 rings (SSSR count). The Kier molecular flexibility index (Phi) is 6.09. The van der Waals surface area contributed by atoms with Gasteiger partial charge in [-0.2, -0.15) is 0 Å². The monoisotopic (exact) mass is 581 g/mol. The molecule has 3 aromatic rings. The fourth-order valence-corrected chi connectivity index (χ4v) is 39.6. The van der Waals surface area contributed by atoms with Gasteiger partial charge in [-0.3, -0.25) is 0 Å². The van der Waals surface area contributed by atoms with Gasteiger partial charge < -0.3 is 0 Å². The number of hydrogen-bond donors (Lipinski definition) is 0. The molecule has 0 bridgehead atoms. The number of rotatable bonds is 4. The molecule has 0 amide bonds. The molecule has 3 aromatic carbocycles. The van der Waals surface area contributed by atoms with Crippen molar-refractivity contribution in [3.8, 4) is 11.1 Å². The average molecular weight is 584 g/mol. The molecular formula is C30H33Cl2SiZr. The van der Waals surface area contributed by atoms with Gasteiger partial charge >= 0.3 is 215 Å². The zero-order valence-electron chi connectivity index (χ0n) is 20.9. The van der Waals surface area contributed by atoms with Crippen LogP contribution in [0.4, 0.5) is 0 Å². The van der Waals surface area contributed by atoms with Crippen LogP contribution in [0.2, 0.25) is 13.1 Å². The second-order valence-electron chi connectivity index (χ2n) is 10.8. The van der Waals surface area contributed by atoms with E-state index in [0.717, 1.165) is 0 Å². The Bertz CT molecular complexity index is 1370. The average Bonchev–Trinajstić information content (AvgIpc) is 3.31. The van der Waals surface area contributed by atoms with E-state index in [9.17, 15) is 0 Å². The number of hydrogen-bond acceptors (Lipinski definition) is 0. The van der Waals surface area contributed by atoms with Crippen LogP contribution < -0.4 is 0 Å². The van der Waals surface area contributed by atoms with Crippen LogP contribution in [-0.2, 0) is 15.6 Å². The number of benzene rings is 3. The topological polar surface area (TPSA) is 0 Å². The van der Waals surface area contributed by atoms with Gasteiger partial charge in [-0.25, -0.2) is 0 Å². The normalized spacial score (nSPS) is 20.4. The standard InChI is InChI=1S/C16H13.C12H13.C2H7Si.2ClH.Zr/c1-12-10-14-8-5-9-15(16(14)11-12)13-6-3-2-4-7-13;1-8-4-10(3)12-7-9(2)6-11(12)5-8;1-3-2;;;/h2-11H,1H3;4-7H,1-3H3;3H,1-2H3;2*1H;/q;;;;;+2/p-2. The van der Waals surface area contributed by atoms with Crippen molar-refractivity contribution in [1.29, 1.82) is 0 Å². The molecule has 0 fully saturated rings. The van der Waals surface area contributed by atoms with Crippen molar-refractivity contribution in [3.05, 3.63) is 105 Å². The molecule has 34 heavy (non-hydrogen) atoms. The Morgan fingerprint density at radius 1 is 0.706 bits per heavy atom. The molecule has 0 nitrogen and oxygen atoms in total. The number of allylic oxidation sites excluding steroid dienone is 2. The summed E-state index contributed by atoms with van der Waals surface area (Å²) in [5.74, 6) is -1.48. The summed E-state index contributed by atoms with van der Waals surface area (Å²) in [6.45, 7) is 13.8. The first-order chi connectivity index (χ1) is 16.0. The van der Waals surface area contributed by atoms with Crippen molar-refractivity contribution in [2.45, 2.75) is 48.0 Å². The molecule has 2 atom stereocenters. The van der Waals surface area contributed by atoms with Gasteiger partial charge in [-0.05, 0) is 0 Å². The van der Waals surface area contributed by atoms with Gasteiger partial charge in [0.25, 0.3) is 0 Å². The van der Waals surface area contributed by atoms with E-state index < -0.39 is 21.5 Å². The minimum atomic E-state index is -4.53. The van der Waals surface area contributed by atoms with Gasteiger partial charge in [0.1, 0.15) is 0 Å². The number of fused-ring (bicyclic) bond motifs is 2. The van der Waals surface area contributed by atoms with E-state index in [1.165, 1.54) is 55.7 Å². The van der Waals surface area contributed by atoms with E-state index in [1.54, 1.807) is 0 Å². The number of aryl methyl sites for hydroxylation is 2. The Labute approximate surface area is 213 Å². The van der Waals surface area contributed by atoms with Crippen molar-refractivity contribution in [2.75, 3.05) is 0 Å². The Balaban J connectivity index is 1.76. The maximum atomic E-state index is 8.25. The summed E-state index contributed by atoms with van der Waals surface area (Å²) in [4.78, 5) is 0. The van der Waals surface area contributed by atoms with Gasteiger partial charge in [0.15, 0.2) is 0 Å². The first-order valence-electron chi connectivity index (χ1n) is 12.3. The molecular weight excluding hydrogens is 551 g/mol. The van der Waals surface area contributed by atoms with E-state index in [4.69, 9.17) is 17.0 Å². The van der Waals surface area contributed by atoms with Crippen molar-refractivity contribution < 1.29 is 15.6 Å². The Morgan fingerprint density at radius 2 is 1.32 bits per heavy atom. The van der Waals surface area contributed by atoms with E-state index in [-0.39, 0.29) is 7.25 Å². The summed E-state index contributed by atoms with van der Waals surface area (Å²) in [6, 6.07) is 22.1. The summed E-state index contributed by atoms with van der Waals surface area (Å²) in [5.41, 5.74) is 13.3. The SMILES string of the molecule is CC1=Cc2c(C)cc(C)cc2[CH]1[Zr]([Cl])([Cl])([CH]1C(C)=Cc2c(-c3ccccc3)cccc21)[SiH](C)C. The summed E-state index contributed by atoms with van der Waals surface area (Å²) in [5, 5.41) is 0. The van der Waals surface area contributed by atoms with E-state index >= 15 is 0 Å². The van der Waals surface area contributed by atoms with Crippen molar-refractivity contribution in [2.24, 2.45) is 0 Å². The molecule has 2 unspecified atom stereocenters. The van der Waals surface area contributed by atoms with Gasteiger partial charge in [0.2, 0.25) is 0 Å². The Morgan fingerprint density at radius 3 is 1.97 bits per heavy atom. The van der Waals surface area contributed by atoms with Gasteiger partial charge in [0.05, 0.1) is 0 Å². The molecule has 0 heterocycles. The van der Waals surface area contributed by atoms with Crippen LogP contribution in [0, 0.1) is 13.8 Å². The van der Waals surface area contributed by atoms with Crippen LogP contribution in [0.3, 0.4) is 0 Å². The molecule has 0 radical (unpaired) electrons. The molecule has 0 aliphatic heterocycles. The van der Waals surface area contributed by atoms with Crippen LogP contribution >= 0.6 is 17.0 Å². The van der Waals surface area contributed by atoms with Crippen molar-refractivity contribution >= 4 is 35.1 Å². The first-order valence-corrected chi connectivity index (χ1v) is 28.6.